The van der Waals surface area contributed by atoms with Gasteiger partial charge in [-0.15, -0.1) is 0 Å². The first kappa shape index (κ1) is 19.6. The quantitative estimate of drug-likeness (QED) is 0.814. The van der Waals surface area contributed by atoms with E-state index < -0.39 is 24.5 Å². The number of aliphatic carboxylic acids is 1. The molecule has 2 aliphatic rings. The topological polar surface area (TPSA) is 85.2 Å². The fraction of sp³-hybridized carbons (Fsp3) is 0.944. The van der Waals surface area contributed by atoms with E-state index in [9.17, 15) is 15.0 Å². The lowest BCUT2D eigenvalue weighted by Crippen LogP contribution is -2.57. The van der Waals surface area contributed by atoms with E-state index in [4.69, 9.17) is 14.2 Å². The average molecular weight is 344 g/mol. The van der Waals surface area contributed by atoms with Gasteiger partial charge >= 0.3 is 5.97 Å². The molecule has 0 bridgehead atoms. The third-order valence-corrected chi connectivity index (χ3v) is 6.17. The zero-order valence-corrected chi connectivity index (χ0v) is 15.5. The molecule has 0 radical (unpaired) electrons. The lowest BCUT2D eigenvalue weighted by Gasteiger charge is -2.47. The van der Waals surface area contributed by atoms with E-state index in [1.54, 1.807) is 0 Å². The molecule has 2 heterocycles. The Labute approximate surface area is 144 Å². The van der Waals surface area contributed by atoms with Crippen molar-refractivity contribution in [3.8, 4) is 0 Å². The standard InChI is InChI=1S/C18H32O6/c1-7-13-15(10(4)8(2)12(6)22-13)23-18-11(5)9(3)14(19)16(24-18)17(20)21/h8-16,18-19H,7H2,1-6H3,(H,20,21)/t8?,9-,10?,11?,12+,13?,14-,15-,16?,18+/m0/s1. The fourth-order valence-corrected chi connectivity index (χ4v) is 3.78. The molecular weight excluding hydrogens is 312 g/mol. The monoisotopic (exact) mass is 344 g/mol. The minimum atomic E-state index is -1.25. The zero-order chi connectivity index (χ0) is 18.2. The van der Waals surface area contributed by atoms with Crippen LogP contribution in [0, 0.1) is 23.7 Å². The number of carboxylic acid groups (broad SMARTS) is 1. The van der Waals surface area contributed by atoms with Gasteiger partial charge in [0.2, 0.25) is 0 Å². The molecule has 0 saturated carbocycles. The summed E-state index contributed by atoms with van der Waals surface area (Å²) in [5.41, 5.74) is 0. The van der Waals surface area contributed by atoms with Gasteiger partial charge in [0.1, 0.15) is 0 Å². The molecular formula is C18H32O6. The number of rotatable bonds is 4. The van der Waals surface area contributed by atoms with Crippen molar-refractivity contribution in [1.82, 2.24) is 0 Å². The largest absolute Gasteiger partial charge is 0.479 e. The molecule has 6 heteroatoms. The van der Waals surface area contributed by atoms with E-state index in [0.29, 0.717) is 5.92 Å². The Morgan fingerprint density at radius 3 is 2.17 bits per heavy atom. The van der Waals surface area contributed by atoms with Gasteiger partial charge < -0.3 is 24.4 Å². The maximum absolute atomic E-state index is 11.4. The number of hydrogen-bond donors (Lipinski definition) is 2. The Kier molecular flexibility index (Phi) is 6.29. The van der Waals surface area contributed by atoms with Crippen LogP contribution in [0.4, 0.5) is 0 Å². The van der Waals surface area contributed by atoms with Crippen LogP contribution in [-0.4, -0.2) is 53.0 Å². The Bertz CT molecular complexity index is 439. The molecule has 2 aliphatic heterocycles. The van der Waals surface area contributed by atoms with Crippen molar-refractivity contribution in [2.45, 2.75) is 84.8 Å². The SMILES string of the molecule is CCC1O[C@H](C)C(C)C(C)[C@@H]1O[C@@H]1OC(C(=O)O)[C@@H](O)[C@@H](C)C1C. The zero-order valence-electron chi connectivity index (χ0n) is 15.5. The van der Waals surface area contributed by atoms with Crippen LogP contribution in [-0.2, 0) is 19.0 Å². The molecule has 6 nitrogen and oxygen atoms in total. The lowest BCUT2D eigenvalue weighted by molar-refractivity contribution is -0.304. The van der Waals surface area contributed by atoms with Gasteiger partial charge in [-0.05, 0) is 31.1 Å². The van der Waals surface area contributed by atoms with E-state index in [0.717, 1.165) is 6.42 Å². The molecule has 24 heavy (non-hydrogen) atoms. The van der Waals surface area contributed by atoms with Crippen molar-refractivity contribution >= 4 is 5.97 Å². The van der Waals surface area contributed by atoms with Crippen LogP contribution in [0.25, 0.3) is 0 Å². The molecule has 140 valence electrons. The third kappa shape index (κ3) is 3.62. The van der Waals surface area contributed by atoms with Gasteiger partial charge in [0, 0.05) is 5.92 Å². The first-order valence-corrected chi connectivity index (χ1v) is 9.06. The molecule has 0 aromatic rings. The number of aliphatic hydroxyl groups is 1. The van der Waals surface area contributed by atoms with Crippen LogP contribution in [0.2, 0.25) is 0 Å². The minimum absolute atomic E-state index is 0.0348. The summed E-state index contributed by atoms with van der Waals surface area (Å²) in [4.78, 5) is 11.4. The molecule has 2 rings (SSSR count). The molecule has 0 aliphatic carbocycles. The summed E-state index contributed by atoms with van der Waals surface area (Å²) in [6.07, 6.45) is -2.13. The van der Waals surface area contributed by atoms with Crippen molar-refractivity contribution in [1.29, 1.82) is 0 Å². The first-order chi connectivity index (χ1) is 11.2. The summed E-state index contributed by atoms with van der Waals surface area (Å²) >= 11 is 0. The number of carboxylic acids is 1. The highest BCUT2D eigenvalue weighted by Gasteiger charge is 2.48. The minimum Gasteiger partial charge on any atom is -0.479 e. The van der Waals surface area contributed by atoms with Crippen LogP contribution in [0.15, 0.2) is 0 Å². The molecule has 0 aromatic heterocycles. The van der Waals surface area contributed by atoms with Crippen LogP contribution < -0.4 is 0 Å². The second kappa shape index (κ2) is 7.68. The van der Waals surface area contributed by atoms with Crippen molar-refractivity contribution in [2.24, 2.45) is 23.7 Å². The Morgan fingerprint density at radius 1 is 1.00 bits per heavy atom. The highest BCUT2D eigenvalue weighted by atomic mass is 16.7. The van der Waals surface area contributed by atoms with Gasteiger partial charge in [-0.3, -0.25) is 0 Å². The Morgan fingerprint density at radius 2 is 1.62 bits per heavy atom. The summed E-state index contributed by atoms with van der Waals surface area (Å²) in [5, 5.41) is 19.4. The Balaban J connectivity index is 2.16. The van der Waals surface area contributed by atoms with E-state index in [1.165, 1.54) is 0 Å². The second-order valence-electron chi connectivity index (χ2n) is 7.58. The molecule has 0 spiro atoms. The highest BCUT2D eigenvalue weighted by molar-refractivity contribution is 5.73. The van der Waals surface area contributed by atoms with E-state index in [2.05, 4.69) is 27.7 Å². The molecule has 2 fully saturated rings. The number of carbonyl (C=O) groups is 1. The van der Waals surface area contributed by atoms with Gasteiger partial charge in [0.25, 0.3) is 0 Å². The van der Waals surface area contributed by atoms with Gasteiger partial charge in [-0.25, -0.2) is 4.79 Å². The summed E-state index contributed by atoms with van der Waals surface area (Å²) < 4.78 is 18.0. The molecule has 5 unspecified atom stereocenters. The Hall–Kier alpha value is -0.690. The summed E-state index contributed by atoms with van der Waals surface area (Å²) in [6, 6.07) is 0. The van der Waals surface area contributed by atoms with Crippen LogP contribution in [0.5, 0.6) is 0 Å². The molecule has 0 aromatic carbocycles. The van der Waals surface area contributed by atoms with E-state index in [-0.39, 0.29) is 36.1 Å². The van der Waals surface area contributed by atoms with Crippen LogP contribution in [0.3, 0.4) is 0 Å². The summed E-state index contributed by atoms with van der Waals surface area (Å²) in [7, 11) is 0. The average Bonchev–Trinajstić information content (AvgIpc) is 2.54. The van der Waals surface area contributed by atoms with Gasteiger partial charge in [-0.1, -0.05) is 34.6 Å². The van der Waals surface area contributed by atoms with E-state index in [1.807, 2.05) is 13.8 Å². The number of ether oxygens (including phenoxy) is 3. The number of aliphatic hydroxyl groups excluding tert-OH is 1. The fourth-order valence-electron chi connectivity index (χ4n) is 3.78. The van der Waals surface area contributed by atoms with Gasteiger partial charge in [0.05, 0.1) is 24.4 Å². The lowest BCUT2D eigenvalue weighted by atomic mass is 9.80. The molecule has 10 atom stereocenters. The van der Waals surface area contributed by atoms with Crippen molar-refractivity contribution in [2.75, 3.05) is 0 Å². The summed E-state index contributed by atoms with van der Waals surface area (Å²) in [6.45, 7) is 12.2. The third-order valence-electron chi connectivity index (χ3n) is 6.17. The maximum Gasteiger partial charge on any atom is 0.335 e. The normalized spacial score (nSPS) is 49.8. The van der Waals surface area contributed by atoms with E-state index >= 15 is 0 Å². The van der Waals surface area contributed by atoms with Gasteiger partial charge in [0.15, 0.2) is 12.4 Å². The second-order valence-corrected chi connectivity index (χ2v) is 7.58. The predicted molar refractivity (Wildman–Crippen MR) is 88.5 cm³/mol. The molecule has 0 amide bonds. The van der Waals surface area contributed by atoms with Crippen molar-refractivity contribution < 1.29 is 29.2 Å². The summed E-state index contributed by atoms with van der Waals surface area (Å²) in [5.74, 6) is -0.859. The smallest absolute Gasteiger partial charge is 0.335 e. The van der Waals surface area contributed by atoms with Gasteiger partial charge in [-0.2, -0.15) is 0 Å². The molecule has 2 N–H and O–H groups in total. The van der Waals surface area contributed by atoms with Crippen LogP contribution >= 0.6 is 0 Å². The number of hydrogen-bond acceptors (Lipinski definition) is 5. The molecule has 2 saturated heterocycles. The highest BCUT2D eigenvalue weighted by Crippen LogP contribution is 2.38. The van der Waals surface area contributed by atoms with Crippen LogP contribution in [0.1, 0.15) is 48.0 Å². The first-order valence-electron chi connectivity index (χ1n) is 9.06. The maximum atomic E-state index is 11.4. The van der Waals surface area contributed by atoms with Crippen molar-refractivity contribution in [3.05, 3.63) is 0 Å². The predicted octanol–water partition coefficient (Wildman–Crippen LogP) is 2.28. The van der Waals surface area contributed by atoms with Crippen molar-refractivity contribution in [3.63, 3.8) is 0 Å².